The summed E-state index contributed by atoms with van der Waals surface area (Å²) in [7, 11) is 0. The van der Waals surface area contributed by atoms with Gasteiger partial charge < -0.3 is 10.4 Å². The molecule has 0 spiro atoms. The topological polar surface area (TPSA) is 63.0 Å². The summed E-state index contributed by atoms with van der Waals surface area (Å²) in [5, 5.41) is 21.5. The average molecular weight is 274 g/mol. The van der Waals surface area contributed by atoms with E-state index >= 15 is 0 Å². The van der Waals surface area contributed by atoms with Gasteiger partial charge in [-0.25, -0.2) is 4.68 Å². The number of aromatic hydroxyl groups is 1. The molecule has 0 aliphatic heterocycles. The Balaban J connectivity index is 2.10. The maximum absolute atomic E-state index is 9.92. The molecule has 0 aliphatic carbocycles. The van der Waals surface area contributed by atoms with Crippen molar-refractivity contribution in [3.8, 4) is 5.75 Å². The van der Waals surface area contributed by atoms with E-state index in [9.17, 15) is 5.11 Å². The van der Waals surface area contributed by atoms with Crippen LogP contribution < -0.4 is 5.32 Å². The summed E-state index contributed by atoms with van der Waals surface area (Å²) in [6, 6.07) is 3.87. The van der Waals surface area contributed by atoms with E-state index in [1.54, 1.807) is 0 Å². The highest BCUT2D eigenvalue weighted by Gasteiger charge is 2.15. The summed E-state index contributed by atoms with van der Waals surface area (Å²) in [6.07, 6.45) is 1.94. The molecule has 0 amide bonds. The number of phenolic OH excluding ortho intramolecular Hbond substituents is 1. The fraction of sp³-hybridized carbons (Fsp3) is 0.467. The van der Waals surface area contributed by atoms with E-state index in [0.29, 0.717) is 12.3 Å². The number of hydrogen-bond donors (Lipinski definition) is 2. The van der Waals surface area contributed by atoms with Crippen molar-refractivity contribution in [2.24, 2.45) is 0 Å². The van der Waals surface area contributed by atoms with Crippen LogP contribution in [-0.4, -0.2) is 20.1 Å². The normalized spacial score (nSPS) is 11.7. The minimum atomic E-state index is -0.0662. The molecule has 108 valence electrons. The third-order valence-corrected chi connectivity index (χ3v) is 3.32. The molecule has 0 fully saturated rings. The molecule has 2 rings (SSSR count). The van der Waals surface area contributed by atoms with E-state index in [1.807, 2.05) is 36.9 Å². The molecule has 20 heavy (non-hydrogen) atoms. The Labute approximate surface area is 119 Å². The van der Waals surface area contributed by atoms with Crippen LogP contribution in [0.4, 0.5) is 5.69 Å². The van der Waals surface area contributed by atoms with Gasteiger partial charge in [0, 0.05) is 11.3 Å². The lowest BCUT2D eigenvalue weighted by Gasteiger charge is -2.17. The second kappa shape index (κ2) is 5.15. The van der Waals surface area contributed by atoms with Gasteiger partial charge in [0.25, 0.3) is 0 Å². The van der Waals surface area contributed by atoms with E-state index in [1.165, 1.54) is 0 Å². The first kappa shape index (κ1) is 14.4. The van der Waals surface area contributed by atoms with Crippen LogP contribution in [0.25, 0.3) is 0 Å². The van der Waals surface area contributed by atoms with Crippen molar-refractivity contribution >= 4 is 5.69 Å². The number of nitrogens with zero attached hydrogens (tertiary/aromatic N) is 3. The summed E-state index contributed by atoms with van der Waals surface area (Å²) in [5.41, 5.74) is 3.46. The van der Waals surface area contributed by atoms with Crippen LogP contribution in [0.2, 0.25) is 0 Å². The Morgan fingerprint density at radius 1 is 1.25 bits per heavy atom. The fourth-order valence-corrected chi connectivity index (χ4v) is 1.92. The molecule has 0 radical (unpaired) electrons. The Morgan fingerprint density at radius 2 is 1.95 bits per heavy atom. The summed E-state index contributed by atoms with van der Waals surface area (Å²) in [5.74, 6) is 0.341. The van der Waals surface area contributed by atoms with Crippen molar-refractivity contribution in [1.82, 2.24) is 15.0 Å². The van der Waals surface area contributed by atoms with E-state index < -0.39 is 0 Å². The molecule has 0 atom stereocenters. The predicted molar refractivity (Wildman–Crippen MR) is 79.9 cm³/mol. The third-order valence-electron chi connectivity index (χ3n) is 3.32. The molecule has 1 heterocycles. The Bertz CT molecular complexity index is 611. The highest BCUT2D eigenvalue weighted by molar-refractivity contribution is 5.59. The van der Waals surface area contributed by atoms with Crippen molar-refractivity contribution < 1.29 is 5.11 Å². The maximum Gasteiger partial charge on any atom is 0.123 e. The van der Waals surface area contributed by atoms with Crippen molar-refractivity contribution in [2.75, 3.05) is 5.32 Å². The standard InChI is InChI=1S/C15H22N4O/c1-10-6-7-13(11(2)14(10)20)16-8-12-9-19(18-17-12)15(3,4)5/h6-7,9,16,20H,8H2,1-5H3. The molecule has 0 aliphatic rings. The monoisotopic (exact) mass is 274 g/mol. The zero-order valence-electron chi connectivity index (χ0n) is 12.7. The third kappa shape index (κ3) is 2.92. The molecular weight excluding hydrogens is 252 g/mol. The van der Waals surface area contributed by atoms with Gasteiger partial charge in [0.05, 0.1) is 18.3 Å². The van der Waals surface area contributed by atoms with Crippen LogP contribution >= 0.6 is 0 Å². The molecular formula is C15H22N4O. The molecule has 2 N–H and O–H groups in total. The smallest absolute Gasteiger partial charge is 0.123 e. The highest BCUT2D eigenvalue weighted by Crippen LogP contribution is 2.28. The molecule has 2 aromatic rings. The minimum Gasteiger partial charge on any atom is -0.507 e. The van der Waals surface area contributed by atoms with Crippen molar-refractivity contribution in [2.45, 2.75) is 46.7 Å². The Kier molecular flexibility index (Phi) is 3.70. The van der Waals surface area contributed by atoms with Crippen LogP contribution in [-0.2, 0) is 12.1 Å². The van der Waals surface area contributed by atoms with Gasteiger partial charge in [-0.3, -0.25) is 0 Å². The van der Waals surface area contributed by atoms with E-state index in [-0.39, 0.29) is 5.54 Å². The summed E-state index contributed by atoms with van der Waals surface area (Å²) in [4.78, 5) is 0. The minimum absolute atomic E-state index is 0.0662. The van der Waals surface area contributed by atoms with E-state index in [0.717, 1.165) is 22.5 Å². The summed E-state index contributed by atoms with van der Waals surface area (Å²) >= 11 is 0. The molecule has 1 aromatic carbocycles. The maximum atomic E-state index is 9.92. The van der Waals surface area contributed by atoms with Gasteiger partial charge in [0.2, 0.25) is 0 Å². The summed E-state index contributed by atoms with van der Waals surface area (Å²) < 4.78 is 1.85. The molecule has 5 nitrogen and oxygen atoms in total. The fourth-order valence-electron chi connectivity index (χ4n) is 1.92. The number of benzene rings is 1. The second-order valence-corrected chi connectivity index (χ2v) is 6.08. The van der Waals surface area contributed by atoms with Crippen LogP contribution in [0.5, 0.6) is 5.75 Å². The highest BCUT2D eigenvalue weighted by atomic mass is 16.3. The number of anilines is 1. The van der Waals surface area contributed by atoms with Gasteiger partial charge in [-0.1, -0.05) is 11.3 Å². The van der Waals surface area contributed by atoms with Crippen molar-refractivity contribution in [1.29, 1.82) is 0 Å². The second-order valence-electron chi connectivity index (χ2n) is 6.08. The first-order chi connectivity index (χ1) is 9.29. The molecule has 0 bridgehead atoms. The number of aryl methyl sites for hydroxylation is 1. The number of aromatic nitrogens is 3. The van der Waals surface area contributed by atoms with Gasteiger partial charge in [0.15, 0.2) is 0 Å². The first-order valence-electron chi connectivity index (χ1n) is 6.74. The van der Waals surface area contributed by atoms with Crippen molar-refractivity contribution in [3.05, 3.63) is 35.2 Å². The van der Waals surface area contributed by atoms with Crippen LogP contribution in [0.15, 0.2) is 18.3 Å². The number of phenols is 1. The van der Waals surface area contributed by atoms with Crippen LogP contribution in [0, 0.1) is 13.8 Å². The van der Waals surface area contributed by atoms with E-state index in [2.05, 4.69) is 36.4 Å². The summed E-state index contributed by atoms with van der Waals surface area (Å²) in [6.45, 7) is 10.6. The molecule has 0 unspecified atom stereocenters. The van der Waals surface area contributed by atoms with E-state index in [4.69, 9.17) is 0 Å². The zero-order valence-corrected chi connectivity index (χ0v) is 12.7. The van der Waals surface area contributed by atoms with Gasteiger partial charge >= 0.3 is 0 Å². The Morgan fingerprint density at radius 3 is 2.55 bits per heavy atom. The quantitative estimate of drug-likeness (QED) is 0.903. The van der Waals surface area contributed by atoms with Crippen molar-refractivity contribution in [3.63, 3.8) is 0 Å². The van der Waals surface area contributed by atoms with Gasteiger partial charge in [-0.15, -0.1) is 5.10 Å². The van der Waals surface area contributed by atoms with Gasteiger partial charge in [-0.05, 0) is 46.2 Å². The number of hydrogen-bond acceptors (Lipinski definition) is 4. The number of nitrogens with one attached hydrogen (secondary N) is 1. The first-order valence-corrected chi connectivity index (χ1v) is 6.74. The lowest BCUT2D eigenvalue weighted by Crippen LogP contribution is -2.22. The van der Waals surface area contributed by atoms with Gasteiger partial charge in [-0.2, -0.15) is 0 Å². The molecule has 0 saturated heterocycles. The SMILES string of the molecule is Cc1ccc(NCc2cn(C(C)(C)C)nn2)c(C)c1O. The lowest BCUT2D eigenvalue weighted by molar-refractivity contribution is 0.347. The average Bonchev–Trinajstić information content (AvgIpc) is 2.84. The molecule has 0 saturated carbocycles. The zero-order chi connectivity index (χ0) is 14.9. The largest absolute Gasteiger partial charge is 0.507 e. The molecule has 1 aromatic heterocycles. The van der Waals surface area contributed by atoms with Crippen LogP contribution in [0.3, 0.4) is 0 Å². The predicted octanol–water partition coefficient (Wildman–Crippen LogP) is 2.97. The molecule has 5 heteroatoms. The van der Waals surface area contributed by atoms with Crippen LogP contribution in [0.1, 0.15) is 37.6 Å². The van der Waals surface area contributed by atoms with Gasteiger partial charge in [0.1, 0.15) is 11.4 Å². The lowest BCUT2D eigenvalue weighted by atomic mass is 10.1. The number of rotatable bonds is 3. The Hall–Kier alpha value is -2.04.